The molecule has 0 atom stereocenters. The number of rotatable bonds is 9. The Kier molecular flexibility index (Phi) is 7.31. The number of carbonyl (C=O) groups is 2. The van der Waals surface area contributed by atoms with Crippen LogP contribution in [0.5, 0.6) is 0 Å². The molecule has 36 heavy (non-hydrogen) atoms. The van der Waals surface area contributed by atoms with Crippen molar-refractivity contribution < 1.29 is 22.8 Å². The van der Waals surface area contributed by atoms with Crippen LogP contribution in [0.15, 0.2) is 54.9 Å². The molecule has 1 saturated carbocycles. The summed E-state index contributed by atoms with van der Waals surface area (Å²) in [5, 5.41) is 5.52. The van der Waals surface area contributed by atoms with Crippen molar-refractivity contribution in [1.82, 2.24) is 15.3 Å². The second kappa shape index (κ2) is 10.3. The molecule has 0 radical (unpaired) electrons. The zero-order valence-electron chi connectivity index (χ0n) is 19.5. The SMILES string of the molecule is CCc1ccc(C(=O)CC2(C(=O)NCc3ccc(Nc4ccc(Cl)cc4C(F)(F)F)cn3)CC2)cn1. The number of carbonyl (C=O) groups excluding carboxylic acids is 2. The summed E-state index contributed by atoms with van der Waals surface area (Å²) >= 11 is 5.72. The van der Waals surface area contributed by atoms with Gasteiger partial charge in [-0.15, -0.1) is 0 Å². The number of aromatic nitrogens is 2. The molecule has 1 aliphatic rings. The smallest absolute Gasteiger partial charge is 0.354 e. The van der Waals surface area contributed by atoms with Crippen molar-refractivity contribution in [1.29, 1.82) is 0 Å². The van der Waals surface area contributed by atoms with Crippen molar-refractivity contribution in [3.05, 3.63) is 82.4 Å². The number of aryl methyl sites for hydroxylation is 1. The van der Waals surface area contributed by atoms with Gasteiger partial charge in [0, 0.05) is 28.9 Å². The van der Waals surface area contributed by atoms with Gasteiger partial charge in [-0.3, -0.25) is 19.6 Å². The van der Waals surface area contributed by atoms with Crippen LogP contribution in [0.1, 0.15) is 53.5 Å². The lowest BCUT2D eigenvalue weighted by Crippen LogP contribution is -2.33. The number of benzene rings is 1. The van der Waals surface area contributed by atoms with E-state index in [1.165, 1.54) is 18.3 Å². The van der Waals surface area contributed by atoms with E-state index in [9.17, 15) is 22.8 Å². The molecule has 1 aromatic carbocycles. The van der Waals surface area contributed by atoms with Gasteiger partial charge in [-0.05, 0) is 61.7 Å². The third kappa shape index (κ3) is 6.02. The molecule has 0 spiro atoms. The van der Waals surface area contributed by atoms with E-state index < -0.39 is 17.2 Å². The van der Waals surface area contributed by atoms with E-state index in [0.29, 0.717) is 29.8 Å². The molecule has 188 valence electrons. The number of pyridine rings is 2. The first kappa shape index (κ1) is 25.6. The van der Waals surface area contributed by atoms with E-state index in [4.69, 9.17) is 11.6 Å². The summed E-state index contributed by atoms with van der Waals surface area (Å²) < 4.78 is 39.9. The highest BCUT2D eigenvalue weighted by Crippen LogP contribution is 2.49. The van der Waals surface area contributed by atoms with Gasteiger partial charge in [0.05, 0.1) is 40.8 Å². The number of nitrogens with one attached hydrogen (secondary N) is 2. The molecule has 1 amide bonds. The first-order valence-corrected chi connectivity index (χ1v) is 11.8. The van der Waals surface area contributed by atoms with Crippen LogP contribution in [-0.2, 0) is 23.9 Å². The van der Waals surface area contributed by atoms with Crippen LogP contribution in [0, 0.1) is 5.41 Å². The lowest BCUT2D eigenvalue weighted by atomic mass is 9.95. The summed E-state index contributed by atoms with van der Waals surface area (Å²) in [7, 11) is 0. The molecule has 1 aliphatic carbocycles. The highest BCUT2D eigenvalue weighted by molar-refractivity contribution is 6.30. The van der Waals surface area contributed by atoms with Crippen LogP contribution in [0.25, 0.3) is 0 Å². The van der Waals surface area contributed by atoms with Crippen LogP contribution in [0.2, 0.25) is 5.02 Å². The van der Waals surface area contributed by atoms with Crippen molar-refractivity contribution >= 4 is 34.7 Å². The highest BCUT2D eigenvalue weighted by Gasteiger charge is 2.51. The van der Waals surface area contributed by atoms with Gasteiger partial charge >= 0.3 is 6.18 Å². The van der Waals surface area contributed by atoms with E-state index in [1.807, 2.05) is 13.0 Å². The fourth-order valence-corrected chi connectivity index (χ4v) is 3.99. The summed E-state index contributed by atoms with van der Waals surface area (Å²) in [6.45, 7) is 2.12. The fraction of sp³-hybridized carbons (Fsp3) is 0.308. The Morgan fingerprint density at radius 2 is 1.75 bits per heavy atom. The number of anilines is 2. The monoisotopic (exact) mass is 516 g/mol. The lowest BCUT2D eigenvalue weighted by Gasteiger charge is -2.16. The summed E-state index contributed by atoms with van der Waals surface area (Å²) in [6, 6.07) is 10.2. The van der Waals surface area contributed by atoms with Gasteiger partial charge in [-0.1, -0.05) is 18.5 Å². The number of halogens is 4. The van der Waals surface area contributed by atoms with Gasteiger partial charge in [0.1, 0.15) is 0 Å². The van der Waals surface area contributed by atoms with Crippen LogP contribution in [0.3, 0.4) is 0 Å². The number of nitrogens with zero attached hydrogens (tertiary/aromatic N) is 2. The van der Waals surface area contributed by atoms with Gasteiger partial charge in [-0.2, -0.15) is 13.2 Å². The molecule has 0 bridgehead atoms. The second-order valence-corrected chi connectivity index (χ2v) is 9.24. The zero-order valence-corrected chi connectivity index (χ0v) is 20.2. The normalized spacial score (nSPS) is 14.2. The summed E-state index contributed by atoms with van der Waals surface area (Å²) in [4.78, 5) is 33.9. The highest BCUT2D eigenvalue weighted by atomic mass is 35.5. The first-order valence-electron chi connectivity index (χ1n) is 11.4. The predicted octanol–water partition coefficient (Wildman–Crippen LogP) is 6.12. The van der Waals surface area contributed by atoms with Crippen molar-refractivity contribution in [2.24, 2.45) is 5.41 Å². The minimum atomic E-state index is -4.57. The third-order valence-electron chi connectivity index (χ3n) is 6.16. The molecule has 6 nitrogen and oxygen atoms in total. The molecule has 2 heterocycles. The third-order valence-corrected chi connectivity index (χ3v) is 6.40. The van der Waals surface area contributed by atoms with Crippen LogP contribution in [0.4, 0.5) is 24.5 Å². The van der Waals surface area contributed by atoms with Gasteiger partial charge in [0.15, 0.2) is 5.78 Å². The number of ketones is 1. The number of alkyl halides is 3. The van der Waals surface area contributed by atoms with Crippen molar-refractivity contribution in [2.45, 2.75) is 45.3 Å². The Labute approximate surface area is 211 Å². The number of Topliss-reactive ketones (excluding diaryl/α,β-unsaturated/α-hetero) is 1. The standard InChI is InChI=1S/C26H24ClF3N4O2/c1-2-18-5-3-16(13-31-18)23(35)12-25(9-10-25)24(36)33-14-19-6-7-20(15-32-19)34-22-8-4-17(27)11-21(22)26(28,29)30/h3-8,11,13,15,34H,2,9-10,12,14H2,1H3,(H,33,36). The first-order chi connectivity index (χ1) is 17.1. The van der Waals surface area contributed by atoms with Gasteiger partial charge < -0.3 is 10.6 Å². The molecule has 10 heteroatoms. The van der Waals surface area contributed by atoms with Crippen LogP contribution >= 0.6 is 11.6 Å². The summed E-state index contributed by atoms with van der Waals surface area (Å²) in [6.07, 6.45) is 0.525. The average Bonchev–Trinajstić information content (AvgIpc) is 3.64. The molecular formula is C26H24ClF3N4O2. The Balaban J connectivity index is 1.34. The minimum Gasteiger partial charge on any atom is -0.354 e. The molecule has 2 aromatic heterocycles. The second-order valence-electron chi connectivity index (χ2n) is 8.81. The molecular weight excluding hydrogens is 493 g/mol. The molecule has 3 aromatic rings. The molecule has 2 N–H and O–H groups in total. The fourth-order valence-electron chi connectivity index (χ4n) is 3.82. The minimum absolute atomic E-state index is 0.0155. The molecule has 0 aliphatic heterocycles. The summed E-state index contributed by atoms with van der Waals surface area (Å²) in [5.41, 5.74) is 0.526. The number of hydrogen-bond acceptors (Lipinski definition) is 5. The Bertz CT molecular complexity index is 1260. The quantitative estimate of drug-likeness (QED) is 0.334. The molecule has 1 fully saturated rings. The number of hydrogen-bond donors (Lipinski definition) is 2. The maximum atomic E-state index is 13.3. The largest absolute Gasteiger partial charge is 0.418 e. The zero-order chi connectivity index (χ0) is 25.9. The maximum absolute atomic E-state index is 13.3. The lowest BCUT2D eigenvalue weighted by molar-refractivity contribution is -0.137. The number of amides is 1. The Morgan fingerprint density at radius 1 is 1.03 bits per heavy atom. The summed E-state index contributed by atoms with van der Waals surface area (Å²) in [5.74, 6) is -0.333. The topological polar surface area (TPSA) is 84.0 Å². The van der Waals surface area contributed by atoms with Crippen molar-refractivity contribution in [3.8, 4) is 0 Å². The predicted molar refractivity (Wildman–Crippen MR) is 130 cm³/mol. The van der Waals surface area contributed by atoms with Gasteiger partial charge in [0.25, 0.3) is 0 Å². The Morgan fingerprint density at radius 3 is 2.33 bits per heavy atom. The van der Waals surface area contributed by atoms with E-state index in [0.717, 1.165) is 18.2 Å². The van der Waals surface area contributed by atoms with E-state index in [1.54, 1.807) is 24.4 Å². The van der Waals surface area contributed by atoms with Gasteiger partial charge in [-0.25, -0.2) is 0 Å². The van der Waals surface area contributed by atoms with Gasteiger partial charge in [0.2, 0.25) is 5.91 Å². The van der Waals surface area contributed by atoms with Crippen LogP contribution < -0.4 is 10.6 Å². The Hall–Kier alpha value is -3.46. The average molecular weight is 517 g/mol. The van der Waals surface area contributed by atoms with Crippen molar-refractivity contribution in [3.63, 3.8) is 0 Å². The van der Waals surface area contributed by atoms with Crippen molar-refractivity contribution in [2.75, 3.05) is 5.32 Å². The van der Waals surface area contributed by atoms with E-state index in [2.05, 4.69) is 20.6 Å². The molecule has 0 unspecified atom stereocenters. The van der Waals surface area contributed by atoms with Crippen LogP contribution in [-0.4, -0.2) is 21.7 Å². The molecule has 0 saturated heterocycles. The van der Waals surface area contributed by atoms with E-state index >= 15 is 0 Å². The maximum Gasteiger partial charge on any atom is 0.418 e. The molecule has 4 rings (SSSR count). The van der Waals surface area contributed by atoms with E-state index in [-0.39, 0.29) is 35.4 Å².